The molecule has 2 saturated carbocycles. The Bertz CT molecular complexity index is 520. The van der Waals surface area contributed by atoms with Gasteiger partial charge in [0.05, 0.1) is 24.2 Å². The second-order valence-electron chi connectivity index (χ2n) is 8.27. The predicted octanol–water partition coefficient (Wildman–Crippen LogP) is 4.09. The predicted molar refractivity (Wildman–Crippen MR) is 90.5 cm³/mol. The summed E-state index contributed by atoms with van der Waals surface area (Å²) in [4.78, 5) is 23.9. The van der Waals surface area contributed by atoms with Crippen molar-refractivity contribution in [2.24, 2.45) is 17.3 Å². The van der Waals surface area contributed by atoms with Crippen LogP contribution in [0.25, 0.3) is 0 Å². The molecule has 0 N–H and O–H groups in total. The highest BCUT2D eigenvalue weighted by atomic mass is 19.3. The van der Waals surface area contributed by atoms with Crippen molar-refractivity contribution < 1.29 is 32.6 Å². The Morgan fingerprint density at radius 2 is 1.62 bits per heavy atom. The van der Waals surface area contributed by atoms with E-state index in [1.165, 1.54) is 6.92 Å². The van der Waals surface area contributed by atoms with Crippen LogP contribution in [0.2, 0.25) is 0 Å². The minimum absolute atomic E-state index is 0.0877. The lowest BCUT2D eigenvalue weighted by Crippen LogP contribution is -2.51. The Morgan fingerprint density at radius 3 is 2.12 bits per heavy atom. The third-order valence-corrected chi connectivity index (χ3v) is 5.40. The summed E-state index contributed by atoms with van der Waals surface area (Å²) < 4.78 is 42.9. The molecule has 2 atom stereocenters. The summed E-state index contributed by atoms with van der Waals surface area (Å²) in [6.07, 6.45) is -0.347. The number of rotatable bonds is 7. The molecule has 0 spiro atoms. The van der Waals surface area contributed by atoms with Crippen molar-refractivity contribution in [1.82, 2.24) is 0 Å². The van der Waals surface area contributed by atoms with E-state index in [0.717, 1.165) is 12.8 Å². The van der Waals surface area contributed by atoms with E-state index in [-0.39, 0.29) is 24.4 Å². The molecule has 0 aliphatic heterocycles. The van der Waals surface area contributed by atoms with Gasteiger partial charge < -0.3 is 14.2 Å². The molecule has 2 unspecified atom stereocenters. The molecule has 2 rings (SSSR count). The second-order valence-corrected chi connectivity index (χ2v) is 8.27. The Balaban J connectivity index is 2.05. The van der Waals surface area contributed by atoms with Gasteiger partial charge in [-0.25, -0.2) is 4.79 Å². The first-order valence-electron chi connectivity index (χ1n) is 9.46. The fourth-order valence-corrected chi connectivity index (χ4v) is 4.80. The number of halogens is 2. The van der Waals surface area contributed by atoms with E-state index in [2.05, 4.69) is 4.74 Å². The maximum atomic E-state index is 14.1. The number of fused-ring (bicyclic) bond motifs is 2. The van der Waals surface area contributed by atoms with Crippen molar-refractivity contribution >= 4 is 11.9 Å². The van der Waals surface area contributed by atoms with E-state index in [1.807, 2.05) is 13.8 Å². The molecule has 0 aromatic rings. The average Bonchev–Trinajstić information content (AvgIpc) is 2.50. The Kier molecular flexibility index (Phi) is 6.31. The van der Waals surface area contributed by atoms with Gasteiger partial charge in [-0.05, 0) is 71.1 Å². The van der Waals surface area contributed by atoms with Gasteiger partial charge in [0.1, 0.15) is 0 Å². The fraction of sp³-hybridized carbons (Fsp3) is 0.895. The van der Waals surface area contributed by atoms with Crippen LogP contribution in [-0.2, 0) is 23.8 Å². The van der Waals surface area contributed by atoms with Gasteiger partial charge in [0, 0.05) is 0 Å². The number of alkyl halides is 2. The normalized spacial score (nSPS) is 34.2. The van der Waals surface area contributed by atoms with Gasteiger partial charge in [0.25, 0.3) is 0 Å². The van der Waals surface area contributed by atoms with Crippen molar-refractivity contribution in [3.63, 3.8) is 0 Å². The van der Waals surface area contributed by atoms with Crippen LogP contribution in [0, 0.1) is 17.3 Å². The highest BCUT2D eigenvalue weighted by Gasteiger charge is 2.54. The molecule has 2 aliphatic rings. The van der Waals surface area contributed by atoms with E-state index < -0.39 is 23.1 Å². The summed E-state index contributed by atoms with van der Waals surface area (Å²) in [5.41, 5.74) is -1.69. The summed E-state index contributed by atoms with van der Waals surface area (Å²) in [6.45, 7) is 7.21. The minimum atomic E-state index is -3.96. The Hall–Kier alpha value is -1.24. The van der Waals surface area contributed by atoms with E-state index in [0.29, 0.717) is 32.3 Å². The molecule has 0 aromatic heterocycles. The van der Waals surface area contributed by atoms with Crippen LogP contribution in [0.5, 0.6) is 0 Å². The molecule has 0 saturated heterocycles. The molecular weight excluding hydrogens is 346 g/mol. The van der Waals surface area contributed by atoms with Gasteiger partial charge in [-0.3, -0.25) is 4.79 Å². The number of carbonyl (C=O) groups excluding carboxylic acids is 2. The summed E-state index contributed by atoms with van der Waals surface area (Å²) in [5.74, 6) is -1.67. The van der Waals surface area contributed by atoms with Gasteiger partial charge in [0.2, 0.25) is 0 Å². The highest BCUT2D eigenvalue weighted by Crippen LogP contribution is 2.53. The van der Waals surface area contributed by atoms with Gasteiger partial charge in [-0.2, -0.15) is 8.78 Å². The Morgan fingerprint density at radius 1 is 1.04 bits per heavy atom. The van der Waals surface area contributed by atoms with Crippen molar-refractivity contribution in [2.75, 3.05) is 13.2 Å². The number of hydrogen-bond donors (Lipinski definition) is 0. The summed E-state index contributed by atoms with van der Waals surface area (Å²) in [7, 11) is 0. The zero-order valence-corrected chi connectivity index (χ0v) is 16.1. The second kappa shape index (κ2) is 7.79. The summed E-state index contributed by atoms with van der Waals surface area (Å²) >= 11 is 0. The first-order valence-corrected chi connectivity index (χ1v) is 9.46. The average molecular weight is 376 g/mol. The van der Waals surface area contributed by atoms with Crippen LogP contribution in [0.1, 0.15) is 66.2 Å². The van der Waals surface area contributed by atoms with E-state index in [1.54, 1.807) is 6.92 Å². The molecule has 150 valence electrons. The monoisotopic (exact) mass is 376 g/mol. The lowest BCUT2D eigenvalue weighted by Gasteiger charge is -2.50. The minimum Gasteiger partial charge on any atom is -0.465 e. The zero-order chi connectivity index (χ0) is 19.6. The smallest absolute Gasteiger partial charge is 0.456 e. The SMILES string of the molecule is CCCOC(=O)C1(C)CC2CC(CC(C)(OC(F)(F)C(=O)OCC)C2)C1. The molecule has 0 heterocycles. The molecule has 2 bridgehead atoms. The van der Waals surface area contributed by atoms with Crippen molar-refractivity contribution in [1.29, 1.82) is 0 Å². The van der Waals surface area contributed by atoms with Crippen LogP contribution in [0.4, 0.5) is 8.78 Å². The van der Waals surface area contributed by atoms with Crippen molar-refractivity contribution in [2.45, 2.75) is 77.9 Å². The number of esters is 2. The molecular formula is C19H30F2O5. The quantitative estimate of drug-likeness (QED) is 0.627. The largest absolute Gasteiger partial charge is 0.465 e. The third kappa shape index (κ3) is 4.72. The zero-order valence-electron chi connectivity index (χ0n) is 16.1. The molecule has 0 radical (unpaired) electrons. The van der Waals surface area contributed by atoms with Gasteiger partial charge in [-0.15, -0.1) is 0 Å². The van der Waals surface area contributed by atoms with E-state index in [4.69, 9.17) is 9.47 Å². The molecule has 7 heteroatoms. The molecule has 0 amide bonds. The van der Waals surface area contributed by atoms with Crippen molar-refractivity contribution in [3.05, 3.63) is 0 Å². The van der Waals surface area contributed by atoms with Crippen LogP contribution in [0.15, 0.2) is 0 Å². The van der Waals surface area contributed by atoms with Crippen molar-refractivity contribution in [3.8, 4) is 0 Å². The number of carbonyl (C=O) groups is 2. The van der Waals surface area contributed by atoms with E-state index in [9.17, 15) is 18.4 Å². The lowest BCUT2D eigenvalue weighted by molar-refractivity contribution is -0.300. The van der Waals surface area contributed by atoms with Crippen LogP contribution >= 0.6 is 0 Å². The highest BCUT2D eigenvalue weighted by molar-refractivity contribution is 5.77. The molecule has 26 heavy (non-hydrogen) atoms. The first kappa shape index (κ1) is 21.1. The topological polar surface area (TPSA) is 61.8 Å². The van der Waals surface area contributed by atoms with Gasteiger partial charge in [0.15, 0.2) is 0 Å². The molecule has 0 aromatic carbocycles. The standard InChI is InChI=1S/C19H30F2O5/c1-5-7-25-15(22)17(3)9-13-8-14(10-17)12-18(4,11-13)26-19(20,21)16(23)24-6-2/h13-14H,5-12H2,1-4H3. The van der Waals surface area contributed by atoms with Gasteiger partial charge in [-0.1, -0.05) is 6.92 Å². The fourth-order valence-electron chi connectivity index (χ4n) is 4.80. The number of ether oxygens (including phenoxy) is 3. The third-order valence-electron chi connectivity index (χ3n) is 5.40. The summed E-state index contributed by atoms with van der Waals surface area (Å²) in [6, 6.07) is 0. The lowest BCUT2D eigenvalue weighted by atomic mass is 9.58. The number of hydrogen-bond acceptors (Lipinski definition) is 5. The summed E-state index contributed by atoms with van der Waals surface area (Å²) in [5, 5.41) is 0. The molecule has 5 nitrogen and oxygen atoms in total. The van der Waals surface area contributed by atoms with Crippen LogP contribution < -0.4 is 0 Å². The molecule has 2 aliphatic carbocycles. The molecule has 2 fully saturated rings. The van der Waals surface area contributed by atoms with Crippen LogP contribution in [-0.4, -0.2) is 36.9 Å². The maximum absolute atomic E-state index is 14.1. The van der Waals surface area contributed by atoms with Crippen LogP contribution in [0.3, 0.4) is 0 Å². The first-order chi connectivity index (χ1) is 12.0. The van der Waals surface area contributed by atoms with Gasteiger partial charge >= 0.3 is 18.0 Å². The Labute approximate surface area is 153 Å². The van der Waals surface area contributed by atoms with E-state index >= 15 is 0 Å². The maximum Gasteiger partial charge on any atom is 0.456 e.